The number of fused-ring (bicyclic) bond motifs is 1. The fraction of sp³-hybridized carbons (Fsp3) is 0.286. The molecule has 2 aromatic carbocycles. The molecule has 0 aliphatic heterocycles. The molecule has 0 bridgehead atoms. The van der Waals surface area contributed by atoms with Crippen LogP contribution < -0.4 is 10.1 Å². The molecule has 1 saturated carbocycles. The van der Waals surface area contributed by atoms with E-state index in [4.69, 9.17) is 4.74 Å². The number of hydrogen-bond acceptors (Lipinski definition) is 3. The molecule has 5 rings (SSSR count). The smallest absolute Gasteiger partial charge is 0.253 e. The summed E-state index contributed by atoms with van der Waals surface area (Å²) < 4.78 is 47.5. The molecule has 2 aromatic heterocycles. The second kappa shape index (κ2) is 10.0. The Labute approximate surface area is 206 Å². The number of hydrogen-bond donors (Lipinski definition) is 2. The first kappa shape index (κ1) is 23.9. The van der Waals surface area contributed by atoms with Gasteiger partial charge in [0, 0.05) is 47.7 Å². The van der Waals surface area contributed by atoms with E-state index < -0.39 is 11.6 Å². The number of nitrogens with one attached hydrogen (secondary N) is 2. The van der Waals surface area contributed by atoms with Crippen molar-refractivity contribution in [1.29, 1.82) is 0 Å². The Hall–Kier alpha value is -3.81. The number of pyridine rings is 1. The fourth-order valence-corrected chi connectivity index (χ4v) is 5.19. The molecule has 2 N–H and O–H groups in total. The number of halogens is 3. The lowest BCUT2D eigenvalue weighted by Crippen LogP contribution is -2.31. The predicted molar refractivity (Wildman–Crippen MR) is 131 cm³/mol. The number of carbonyl (C=O) groups is 1. The zero-order valence-electron chi connectivity index (χ0n) is 19.8. The van der Waals surface area contributed by atoms with Crippen molar-refractivity contribution in [3.05, 3.63) is 83.6 Å². The zero-order valence-corrected chi connectivity index (χ0v) is 19.8. The third kappa shape index (κ3) is 4.67. The summed E-state index contributed by atoms with van der Waals surface area (Å²) in [6, 6.07) is 8.67. The number of amides is 1. The first-order valence-electron chi connectivity index (χ1n) is 12.0. The van der Waals surface area contributed by atoms with Gasteiger partial charge in [0.05, 0.1) is 18.2 Å². The van der Waals surface area contributed by atoms with E-state index in [1.165, 1.54) is 25.6 Å². The molecule has 4 aromatic rings. The third-order valence-corrected chi connectivity index (χ3v) is 7.08. The molecule has 0 radical (unpaired) electrons. The topological polar surface area (TPSA) is 67.0 Å². The SMILES string of the molecule is COc1cc(F)cc(-c2c[nH]cc2C(=O)NCC2CCC(c3ccnc4ccc(F)cc34)CC2)c1F. The summed E-state index contributed by atoms with van der Waals surface area (Å²) in [7, 11) is 1.26. The Morgan fingerprint density at radius 2 is 1.83 bits per heavy atom. The Balaban J connectivity index is 1.23. The van der Waals surface area contributed by atoms with Gasteiger partial charge in [-0.2, -0.15) is 0 Å². The molecule has 1 amide bonds. The van der Waals surface area contributed by atoms with Crippen LogP contribution >= 0.6 is 0 Å². The van der Waals surface area contributed by atoms with Crippen molar-refractivity contribution < 1.29 is 22.7 Å². The van der Waals surface area contributed by atoms with Gasteiger partial charge >= 0.3 is 0 Å². The summed E-state index contributed by atoms with van der Waals surface area (Å²) in [6.45, 7) is 0.483. The highest BCUT2D eigenvalue weighted by atomic mass is 19.1. The van der Waals surface area contributed by atoms with Gasteiger partial charge in [0.25, 0.3) is 5.91 Å². The zero-order chi connectivity index (χ0) is 25.2. The van der Waals surface area contributed by atoms with Crippen LogP contribution in [-0.4, -0.2) is 29.5 Å². The number of carbonyl (C=O) groups excluding carboxylic acids is 1. The average molecular weight is 494 g/mol. The van der Waals surface area contributed by atoms with Crippen molar-refractivity contribution >= 4 is 16.8 Å². The van der Waals surface area contributed by atoms with E-state index >= 15 is 0 Å². The molecular formula is C28H26F3N3O2. The predicted octanol–water partition coefficient (Wildman–Crippen LogP) is 6.36. The van der Waals surface area contributed by atoms with Crippen molar-refractivity contribution in [3.8, 4) is 16.9 Å². The lowest BCUT2D eigenvalue weighted by atomic mass is 9.78. The summed E-state index contributed by atoms with van der Waals surface area (Å²) >= 11 is 0. The van der Waals surface area contributed by atoms with Crippen molar-refractivity contribution in [3.63, 3.8) is 0 Å². The largest absolute Gasteiger partial charge is 0.494 e. The van der Waals surface area contributed by atoms with E-state index in [2.05, 4.69) is 15.3 Å². The monoisotopic (exact) mass is 493 g/mol. The Morgan fingerprint density at radius 1 is 1.03 bits per heavy atom. The molecule has 2 heterocycles. The van der Waals surface area contributed by atoms with Crippen LogP contribution in [0.5, 0.6) is 5.75 Å². The van der Waals surface area contributed by atoms with Gasteiger partial charge in [-0.1, -0.05) is 0 Å². The van der Waals surface area contributed by atoms with Gasteiger partial charge in [-0.05, 0) is 73.4 Å². The minimum absolute atomic E-state index is 0.0419. The van der Waals surface area contributed by atoms with E-state index in [0.717, 1.165) is 54.3 Å². The molecule has 0 unspecified atom stereocenters. The van der Waals surface area contributed by atoms with E-state index in [9.17, 15) is 18.0 Å². The number of aromatic nitrogens is 2. The lowest BCUT2D eigenvalue weighted by molar-refractivity contribution is 0.0943. The molecule has 1 aliphatic rings. The molecule has 1 aliphatic carbocycles. The first-order chi connectivity index (χ1) is 17.4. The van der Waals surface area contributed by atoms with Gasteiger partial charge in [-0.25, -0.2) is 13.2 Å². The van der Waals surface area contributed by atoms with Crippen LogP contribution in [0.15, 0.2) is 55.0 Å². The van der Waals surface area contributed by atoms with Gasteiger partial charge in [-0.15, -0.1) is 0 Å². The first-order valence-corrected chi connectivity index (χ1v) is 12.0. The van der Waals surface area contributed by atoms with Crippen LogP contribution in [0, 0.1) is 23.4 Å². The van der Waals surface area contributed by atoms with Gasteiger partial charge in [0.2, 0.25) is 0 Å². The lowest BCUT2D eigenvalue weighted by Gasteiger charge is -2.29. The number of aromatic amines is 1. The van der Waals surface area contributed by atoms with Crippen LogP contribution in [-0.2, 0) is 0 Å². The summed E-state index contributed by atoms with van der Waals surface area (Å²) in [5.74, 6) is -1.62. The number of H-pyrrole nitrogens is 1. The van der Waals surface area contributed by atoms with Crippen LogP contribution in [0.1, 0.15) is 47.5 Å². The molecule has 8 heteroatoms. The molecule has 0 spiro atoms. The maximum atomic E-state index is 14.8. The number of rotatable bonds is 6. The normalized spacial score (nSPS) is 17.8. The summed E-state index contributed by atoms with van der Waals surface area (Å²) in [5, 5.41) is 3.81. The Morgan fingerprint density at radius 3 is 2.61 bits per heavy atom. The highest BCUT2D eigenvalue weighted by Gasteiger charge is 2.25. The third-order valence-electron chi connectivity index (χ3n) is 7.08. The maximum absolute atomic E-state index is 14.8. The molecule has 0 atom stereocenters. The van der Waals surface area contributed by atoms with E-state index in [0.29, 0.717) is 18.4 Å². The van der Waals surface area contributed by atoms with Crippen LogP contribution in [0.3, 0.4) is 0 Å². The molecule has 186 valence electrons. The standard InChI is InChI=1S/C28H26F3N3O2/c1-36-26-12-19(30)11-22(27(26)31)23-14-32-15-24(23)28(35)34-13-16-2-4-17(5-3-16)20-8-9-33-25-7-6-18(29)10-21(20)25/h6-12,14-17,32H,2-5,13H2,1H3,(H,34,35). The van der Waals surface area contributed by atoms with E-state index in [1.807, 2.05) is 6.07 Å². The highest BCUT2D eigenvalue weighted by molar-refractivity contribution is 6.01. The summed E-state index contributed by atoms with van der Waals surface area (Å²) in [4.78, 5) is 20.1. The van der Waals surface area contributed by atoms with E-state index in [-0.39, 0.29) is 34.2 Å². The molecule has 1 fully saturated rings. The Kier molecular flexibility index (Phi) is 6.67. The van der Waals surface area contributed by atoms with E-state index in [1.54, 1.807) is 18.3 Å². The van der Waals surface area contributed by atoms with Gasteiger partial charge in [0.15, 0.2) is 11.6 Å². The minimum Gasteiger partial charge on any atom is -0.494 e. The number of benzene rings is 2. The van der Waals surface area contributed by atoms with Crippen molar-refractivity contribution in [2.75, 3.05) is 13.7 Å². The van der Waals surface area contributed by atoms with Gasteiger partial charge < -0.3 is 15.0 Å². The second-order valence-corrected chi connectivity index (χ2v) is 9.24. The average Bonchev–Trinajstić information content (AvgIpc) is 3.38. The Bertz CT molecular complexity index is 1410. The fourth-order valence-electron chi connectivity index (χ4n) is 5.19. The molecule has 36 heavy (non-hydrogen) atoms. The summed E-state index contributed by atoms with van der Waals surface area (Å²) in [6.07, 6.45) is 8.41. The number of nitrogens with zero attached hydrogens (tertiary/aromatic N) is 1. The molecule has 5 nitrogen and oxygen atoms in total. The van der Waals surface area contributed by atoms with Crippen LogP contribution in [0.4, 0.5) is 13.2 Å². The number of methoxy groups -OCH3 is 1. The van der Waals surface area contributed by atoms with Crippen LogP contribution in [0.25, 0.3) is 22.0 Å². The van der Waals surface area contributed by atoms with Crippen LogP contribution in [0.2, 0.25) is 0 Å². The number of ether oxygens (including phenoxy) is 1. The van der Waals surface area contributed by atoms with Gasteiger partial charge in [0.1, 0.15) is 11.6 Å². The summed E-state index contributed by atoms with van der Waals surface area (Å²) in [5.41, 5.74) is 2.37. The van der Waals surface area contributed by atoms with Crippen molar-refractivity contribution in [1.82, 2.24) is 15.3 Å². The minimum atomic E-state index is -0.727. The molecular weight excluding hydrogens is 467 g/mol. The van der Waals surface area contributed by atoms with Gasteiger partial charge in [-0.3, -0.25) is 9.78 Å². The van der Waals surface area contributed by atoms with Crippen molar-refractivity contribution in [2.24, 2.45) is 5.92 Å². The highest BCUT2D eigenvalue weighted by Crippen LogP contribution is 2.38. The second-order valence-electron chi connectivity index (χ2n) is 9.24. The maximum Gasteiger partial charge on any atom is 0.253 e. The molecule has 0 saturated heterocycles. The van der Waals surface area contributed by atoms with Crippen molar-refractivity contribution in [2.45, 2.75) is 31.6 Å². The quantitative estimate of drug-likeness (QED) is 0.329.